The third-order valence-corrected chi connectivity index (χ3v) is 3.75. The minimum absolute atomic E-state index is 0.256. The lowest BCUT2D eigenvalue weighted by molar-refractivity contribution is 0.102. The zero-order chi connectivity index (χ0) is 14.8. The highest BCUT2D eigenvalue weighted by molar-refractivity contribution is 7.22. The van der Waals surface area contributed by atoms with Gasteiger partial charge in [-0.25, -0.2) is 9.97 Å². The predicted molar refractivity (Wildman–Crippen MR) is 82.8 cm³/mol. The van der Waals surface area contributed by atoms with Gasteiger partial charge < -0.3 is 10.5 Å². The molecular formula is C14H12N4O2S. The Morgan fingerprint density at radius 2 is 2.14 bits per heavy atom. The zero-order valence-electron chi connectivity index (χ0n) is 11.2. The summed E-state index contributed by atoms with van der Waals surface area (Å²) in [5.41, 5.74) is 6.62. The molecule has 2 heterocycles. The number of rotatable bonds is 3. The molecule has 2 aromatic heterocycles. The fourth-order valence-corrected chi connectivity index (χ4v) is 2.71. The van der Waals surface area contributed by atoms with Crippen LogP contribution < -0.4 is 15.8 Å². The van der Waals surface area contributed by atoms with Crippen LogP contribution in [0.3, 0.4) is 0 Å². The molecule has 0 saturated carbocycles. The number of aromatic nitrogens is 2. The number of nitrogens with one attached hydrogen (secondary N) is 1. The van der Waals surface area contributed by atoms with Crippen LogP contribution in [0.4, 0.5) is 10.9 Å². The smallest absolute Gasteiger partial charge is 0.276 e. The zero-order valence-corrected chi connectivity index (χ0v) is 12.0. The van der Waals surface area contributed by atoms with Gasteiger partial charge >= 0.3 is 0 Å². The molecule has 0 spiro atoms. The van der Waals surface area contributed by atoms with Crippen molar-refractivity contribution in [1.82, 2.24) is 9.97 Å². The molecule has 6 nitrogen and oxygen atoms in total. The average Bonchev–Trinajstić information content (AvgIpc) is 2.88. The van der Waals surface area contributed by atoms with E-state index < -0.39 is 0 Å². The van der Waals surface area contributed by atoms with Gasteiger partial charge in [0.25, 0.3) is 5.91 Å². The van der Waals surface area contributed by atoms with Crippen molar-refractivity contribution in [2.45, 2.75) is 0 Å². The second kappa shape index (κ2) is 5.37. The van der Waals surface area contributed by atoms with Crippen LogP contribution in [0.15, 0.2) is 36.4 Å². The topological polar surface area (TPSA) is 90.1 Å². The Morgan fingerprint density at radius 3 is 2.90 bits per heavy atom. The molecule has 3 rings (SSSR count). The van der Waals surface area contributed by atoms with E-state index >= 15 is 0 Å². The second-order valence-corrected chi connectivity index (χ2v) is 5.29. The Bertz CT molecular complexity index is 816. The molecule has 0 bridgehead atoms. The molecule has 21 heavy (non-hydrogen) atoms. The number of fused-ring (bicyclic) bond motifs is 1. The molecule has 0 fully saturated rings. The Hall–Kier alpha value is -2.67. The van der Waals surface area contributed by atoms with E-state index in [0.29, 0.717) is 10.9 Å². The highest BCUT2D eigenvalue weighted by atomic mass is 32.1. The summed E-state index contributed by atoms with van der Waals surface area (Å²) in [6.07, 6.45) is 0. The lowest BCUT2D eigenvalue weighted by atomic mass is 10.3. The first kappa shape index (κ1) is 13.3. The van der Waals surface area contributed by atoms with Gasteiger partial charge in [0.2, 0.25) is 0 Å². The van der Waals surface area contributed by atoms with Crippen molar-refractivity contribution in [3.05, 3.63) is 42.1 Å². The fourth-order valence-electron chi connectivity index (χ4n) is 1.82. The third-order valence-electron chi connectivity index (χ3n) is 2.82. The fraction of sp³-hybridized carbons (Fsp3) is 0.0714. The monoisotopic (exact) mass is 300 g/mol. The number of pyridine rings is 1. The van der Waals surface area contributed by atoms with Gasteiger partial charge in [0.05, 0.1) is 17.3 Å². The number of benzene rings is 1. The molecule has 0 radical (unpaired) electrons. The molecule has 0 unspecified atom stereocenters. The van der Waals surface area contributed by atoms with E-state index in [1.54, 1.807) is 25.3 Å². The van der Waals surface area contributed by atoms with Crippen molar-refractivity contribution in [2.24, 2.45) is 0 Å². The Morgan fingerprint density at radius 1 is 1.29 bits per heavy atom. The van der Waals surface area contributed by atoms with E-state index in [-0.39, 0.29) is 11.6 Å². The molecule has 1 amide bonds. The van der Waals surface area contributed by atoms with E-state index in [0.717, 1.165) is 16.0 Å². The normalized spacial score (nSPS) is 10.5. The first-order valence-corrected chi connectivity index (χ1v) is 6.96. The molecule has 7 heteroatoms. The lowest BCUT2D eigenvalue weighted by Crippen LogP contribution is -2.13. The summed E-state index contributed by atoms with van der Waals surface area (Å²) >= 11 is 1.37. The minimum Gasteiger partial charge on any atom is -0.497 e. The minimum atomic E-state index is -0.340. The van der Waals surface area contributed by atoms with Crippen molar-refractivity contribution in [3.63, 3.8) is 0 Å². The Labute approximate surface area is 124 Å². The van der Waals surface area contributed by atoms with Gasteiger partial charge in [0.1, 0.15) is 17.3 Å². The number of hydrogen-bond donors (Lipinski definition) is 2. The lowest BCUT2D eigenvalue weighted by Gasteiger charge is -2.01. The third kappa shape index (κ3) is 2.77. The summed E-state index contributed by atoms with van der Waals surface area (Å²) in [7, 11) is 1.61. The van der Waals surface area contributed by atoms with Crippen molar-refractivity contribution >= 4 is 38.4 Å². The molecule has 1 aromatic carbocycles. The number of nitrogens with two attached hydrogens (primary N) is 1. The van der Waals surface area contributed by atoms with Crippen molar-refractivity contribution in [2.75, 3.05) is 18.2 Å². The first-order valence-electron chi connectivity index (χ1n) is 6.14. The highest BCUT2D eigenvalue weighted by Gasteiger charge is 2.11. The molecular weight excluding hydrogens is 288 g/mol. The van der Waals surface area contributed by atoms with E-state index in [4.69, 9.17) is 10.5 Å². The maximum atomic E-state index is 12.1. The van der Waals surface area contributed by atoms with Crippen LogP contribution in [-0.4, -0.2) is 23.0 Å². The van der Waals surface area contributed by atoms with Crippen LogP contribution in [0, 0.1) is 0 Å². The average molecular weight is 300 g/mol. The van der Waals surface area contributed by atoms with Crippen molar-refractivity contribution < 1.29 is 9.53 Å². The maximum absolute atomic E-state index is 12.1. The standard InChI is InChI=1S/C14H12N4O2S/c1-20-8-5-6-9-11(7-8)21-14(17-9)18-13(19)10-3-2-4-12(15)16-10/h2-7H,1H3,(H2,15,16)(H,17,18,19). The quantitative estimate of drug-likeness (QED) is 0.775. The van der Waals surface area contributed by atoms with Gasteiger partial charge in [0, 0.05) is 0 Å². The van der Waals surface area contributed by atoms with E-state index in [1.807, 2.05) is 18.2 Å². The molecule has 106 valence electrons. The van der Waals surface area contributed by atoms with Crippen LogP contribution in [-0.2, 0) is 0 Å². The van der Waals surface area contributed by atoms with Crippen LogP contribution in [0.2, 0.25) is 0 Å². The number of nitrogen functional groups attached to an aromatic ring is 1. The summed E-state index contributed by atoms with van der Waals surface area (Å²) in [5.74, 6) is 0.714. The number of carbonyl (C=O) groups is 1. The van der Waals surface area contributed by atoms with Crippen molar-refractivity contribution in [1.29, 1.82) is 0 Å². The number of nitrogens with zero attached hydrogens (tertiary/aromatic N) is 2. The number of methoxy groups -OCH3 is 1. The summed E-state index contributed by atoms with van der Waals surface area (Å²) in [5, 5.41) is 3.23. The summed E-state index contributed by atoms with van der Waals surface area (Å²) in [6.45, 7) is 0. The van der Waals surface area contributed by atoms with Gasteiger partial charge in [-0.2, -0.15) is 0 Å². The van der Waals surface area contributed by atoms with Crippen LogP contribution >= 0.6 is 11.3 Å². The molecule has 0 aliphatic heterocycles. The van der Waals surface area contributed by atoms with E-state index in [2.05, 4.69) is 15.3 Å². The van der Waals surface area contributed by atoms with Gasteiger partial charge in [-0.15, -0.1) is 0 Å². The largest absolute Gasteiger partial charge is 0.497 e. The molecule has 3 N–H and O–H groups in total. The van der Waals surface area contributed by atoms with Gasteiger partial charge in [-0.05, 0) is 30.3 Å². The van der Waals surface area contributed by atoms with E-state index in [9.17, 15) is 4.79 Å². The summed E-state index contributed by atoms with van der Waals surface area (Å²) in [4.78, 5) is 20.4. The van der Waals surface area contributed by atoms with Gasteiger partial charge in [-0.3, -0.25) is 10.1 Å². The predicted octanol–water partition coefficient (Wildman–Crippen LogP) is 2.53. The highest BCUT2D eigenvalue weighted by Crippen LogP contribution is 2.29. The summed E-state index contributed by atoms with van der Waals surface area (Å²) in [6, 6.07) is 10.5. The van der Waals surface area contributed by atoms with Crippen LogP contribution in [0.1, 0.15) is 10.5 Å². The summed E-state index contributed by atoms with van der Waals surface area (Å²) < 4.78 is 6.10. The maximum Gasteiger partial charge on any atom is 0.276 e. The van der Waals surface area contributed by atoms with Crippen LogP contribution in [0.5, 0.6) is 5.75 Å². The number of ether oxygens (including phenoxy) is 1. The Balaban J connectivity index is 1.86. The molecule has 0 saturated heterocycles. The molecule has 0 atom stereocenters. The number of carbonyl (C=O) groups excluding carboxylic acids is 1. The van der Waals surface area contributed by atoms with Gasteiger partial charge in [0.15, 0.2) is 5.13 Å². The molecule has 0 aliphatic rings. The number of hydrogen-bond acceptors (Lipinski definition) is 6. The van der Waals surface area contributed by atoms with E-state index in [1.165, 1.54) is 11.3 Å². The SMILES string of the molecule is COc1ccc2nc(NC(=O)c3cccc(N)n3)sc2c1. The Kier molecular flexibility index (Phi) is 3.41. The van der Waals surface area contributed by atoms with Gasteiger partial charge in [-0.1, -0.05) is 17.4 Å². The first-order chi connectivity index (χ1) is 10.2. The molecule has 0 aliphatic carbocycles. The number of anilines is 2. The second-order valence-electron chi connectivity index (χ2n) is 4.25. The van der Waals surface area contributed by atoms with Crippen LogP contribution in [0.25, 0.3) is 10.2 Å². The molecule has 3 aromatic rings. The van der Waals surface area contributed by atoms with Crippen molar-refractivity contribution in [3.8, 4) is 5.75 Å². The number of thiazole rings is 1. The number of amides is 1.